The zero-order valence-corrected chi connectivity index (χ0v) is 12.5. The fourth-order valence-electron chi connectivity index (χ4n) is 3.85. The van der Waals surface area contributed by atoms with Crippen molar-refractivity contribution in [2.75, 3.05) is 31.6 Å². The lowest BCUT2D eigenvalue weighted by molar-refractivity contribution is 0.102. The van der Waals surface area contributed by atoms with Crippen molar-refractivity contribution in [3.63, 3.8) is 0 Å². The van der Waals surface area contributed by atoms with Gasteiger partial charge in [-0.2, -0.15) is 0 Å². The van der Waals surface area contributed by atoms with E-state index in [4.69, 9.17) is 5.73 Å². The summed E-state index contributed by atoms with van der Waals surface area (Å²) >= 11 is 0. The van der Waals surface area contributed by atoms with Crippen molar-refractivity contribution in [2.45, 2.75) is 31.8 Å². The predicted molar refractivity (Wildman–Crippen MR) is 80.2 cm³/mol. The first-order valence-corrected chi connectivity index (χ1v) is 7.74. The molecule has 2 atom stereocenters. The summed E-state index contributed by atoms with van der Waals surface area (Å²) in [5.41, 5.74) is 6.05. The van der Waals surface area contributed by atoms with Crippen LogP contribution in [0.25, 0.3) is 0 Å². The summed E-state index contributed by atoms with van der Waals surface area (Å²) in [6.07, 6.45) is 3.38. The fourth-order valence-corrected chi connectivity index (χ4v) is 3.85. The van der Waals surface area contributed by atoms with Gasteiger partial charge in [0.05, 0.1) is 5.69 Å². The van der Waals surface area contributed by atoms with Gasteiger partial charge in [0.1, 0.15) is 0 Å². The average Bonchev–Trinajstić information content (AvgIpc) is 2.50. The fraction of sp³-hybridized carbons (Fsp3) is 0.625. The first kappa shape index (κ1) is 14.7. The zero-order chi connectivity index (χ0) is 15.0. The second-order valence-corrected chi connectivity index (χ2v) is 6.26. The van der Waals surface area contributed by atoms with Crippen molar-refractivity contribution in [1.29, 1.82) is 0 Å². The Morgan fingerprint density at radius 1 is 1.19 bits per heavy atom. The number of halogens is 2. The molecule has 21 heavy (non-hydrogen) atoms. The first-order chi connectivity index (χ1) is 10.1. The SMILES string of the molecule is CN1CCCC2CN(c3ccc(CN)c(F)c3F)CCC21. The molecule has 1 aromatic carbocycles. The van der Waals surface area contributed by atoms with Crippen LogP contribution in [0.1, 0.15) is 24.8 Å². The Labute approximate surface area is 124 Å². The van der Waals surface area contributed by atoms with Gasteiger partial charge in [-0.3, -0.25) is 0 Å². The monoisotopic (exact) mass is 295 g/mol. The minimum atomic E-state index is -0.794. The van der Waals surface area contributed by atoms with Gasteiger partial charge in [-0.25, -0.2) is 8.78 Å². The maximum absolute atomic E-state index is 14.3. The van der Waals surface area contributed by atoms with Crippen LogP contribution in [0.4, 0.5) is 14.5 Å². The van der Waals surface area contributed by atoms with E-state index in [9.17, 15) is 8.78 Å². The molecule has 116 valence electrons. The highest BCUT2D eigenvalue weighted by Crippen LogP contribution is 2.33. The molecule has 2 fully saturated rings. The quantitative estimate of drug-likeness (QED) is 0.909. The average molecular weight is 295 g/mol. The van der Waals surface area contributed by atoms with Crippen molar-refractivity contribution in [2.24, 2.45) is 11.7 Å². The molecule has 3 rings (SSSR count). The highest BCUT2D eigenvalue weighted by molar-refractivity contribution is 5.50. The van der Waals surface area contributed by atoms with Crippen LogP contribution in [0.3, 0.4) is 0 Å². The lowest BCUT2D eigenvalue weighted by Gasteiger charge is -2.46. The molecule has 0 aliphatic carbocycles. The van der Waals surface area contributed by atoms with Crippen LogP contribution in [-0.2, 0) is 6.54 Å². The van der Waals surface area contributed by atoms with Gasteiger partial charge >= 0.3 is 0 Å². The third-order valence-corrected chi connectivity index (χ3v) is 5.05. The maximum atomic E-state index is 14.3. The number of fused-ring (bicyclic) bond motifs is 1. The molecule has 2 heterocycles. The molecule has 2 unspecified atom stereocenters. The minimum Gasteiger partial charge on any atom is -0.369 e. The molecule has 2 aliphatic heterocycles. The van der Waals surface area contributed by atoms with E-state index >= 15 is 0 Å². The van der Waals surface area contributed by atoms with Crippen molar-refractivity contribution in [3.05, 3.63) is 29.3 Å². The Kier molecular flexibility index (Phi) is 4.13. The first-order valence-electron chi connectivity index (χ1n) is 7.74. The Morgan fingerprint density at radius 2 is 2.00 bits per heavy atom. The maximum Gasteiger partial charge on any atom is 0.182 e. The van der Waals surface area contributed by atoms with E-state index in [0.29, 0.717) is 17.6 Å². The van der Waals surface area contributed by atoms with Crippen molar-refractivity contribution >= 4 is 5.69 Å². The molecule has 0 aromatic heterocycles. The van der Waals surface area contributed by atoms with Gasteiger partial charge in [-0.1, -0.05) is 6.07 Å². The molecule has 3 nitrogen and oxygen atoms in total. The molecule has 0 amide bonds. The molecular weight excluding hydrogens is 272 g/mol. The normalized spacial score (nSPS) is 26.8. The van der Waals surface area contributed by atoms with E-state index < -0.39 is 11.6 Å². The minimum absolute atomic E-state index is 0.0263. The van der Waals surface area contributed by atoms with Crippen LogP contribution in [0.5, 0.6) is 0 Å². The number of nitrogens with zero attached hydrogens (tertiary/aromatic N) is 2. The Hall–Kier alpha value is -1.20. The smallest absolute Gasteiger partial charge is 0.182 e. The van der Waals surface area contributed by atoms with Crippen LogP contribution in [0, 0.1) is 17.6 Å². The Balaban J connectivity index is 1.81. The summed E-state index contributed by atoms with van der Waals surface area (Å²) in [6.45, 7) is 2.77. The molecule has 2 N–H and O–H groups in total. The lowest BCUT2D eigenvalue weighted by atomic mass is 9.84. The zero-order valence-electron chi connectivity index (χ0n) is 12.5. The Bertz CT molecular complexity index is 520. The second kappa shape index (κ2) is 5.89. The molecular formula is C16H23F2N3. The summed E-state index contributed by atoms with van der Waals surface area (Å²) in [4.78, 5) is 4.42. The molecule has 0 saturated carbocycles. The highest BCUT2D eigenvalue weighted by atomic mass is 19.2. The van der Waals surface area contributed by atoms with E-state index in [0.717, 1.165) is 26.1 Å². The number of hydrogen-bond acceptors (Lipinski definition) is 3. The summed E-state index contributed by atoms with van der Waals surface area (Å²) in [5.74, 6) is -0.993. The number of rotatable bonds is 2. The lowest BCUT2D eigenvalue weighted by Crippen LogP contribution is -2.52. The van der Waals surface area contributed by atoms with E-state index in [1.54, 1.807) is 12.1 Å². The van der Waals surface area contributed by atoms with E-state index in [-0.39, 0.29) is 12.1 Å². The van der Waals surface area contributed by atoms with Gasteiger partial charge in [0.25, 0.3) is 0 Å². The standard InChI is InChI=1S/C16H23F2N3/c1-20-7-2-3-12-10-21(8-6-13(12)20)14-5-4-11(9-19)15(17)16(14)18/h4-5,12-13H,2-3,6-10,19H2,1H3. The van der Waals surface area contributed by atoms with Gasteiger partial charge in [0, 0.05) is 31.2 Å². The molecule has 0 bridgehead atoms. The van der Waals surface area contributed by atoms with Gasteiger partial charge in [-0.15, -0.1) is 0 Å². The van der Waals surface area contributed by atoms with E-state index in [1.165, 1.54) is 12.8 Å². The third-order valence-electron chi connectivity index (χ3n) is 5.05. The summed E-state index contributed by atoms with van der Waals surface area (Å²) in [7, 11) is 2.17. The van der Waals surface area contributed by atoms with Gasteiger partial charge in [-0.05, 0) is 44.8 Å². The number of nitrogens with two attached hydrogens (primary N) is 1. The van der Waals surface area contributed by atoms with Crippen LogP contribution in [-0.4, -0.2) is 37.6 Å². The number of anilines is 1. The van der Waals surface area contributed by atoms with E-state index in [2.05, 4.69) is 11.9 Å². The third kappa shape index (κ3) is 2.64. The Morgan fingerprint density at radius 3 is 2.76 bits per heavy atom. The van der Waals surface area contributed by atoms with Crippen LogP contribution < -0.4 is 10.6 Å². The van der Waals surface area contributed by atoms with Crippen molar-refractivity contribution < 1.29 is 8.78 Å². The highest BCUT2D eigenvalue weighted by Gasteiger charge is 2.35. The molecule has 2 saturated heterocycles. The van der Waals surface area contributed by atoms with Gasteiger partial charge in [0.15, 0.2) is 11.6 Å². The summed E-state index contributed by atoms with van der Waals surface area (Å²) in [6, 6.07) is 3.87. The van der Waals surface area contributed by atoms with Crippen LogP contribution >= 0.6 is 0 Å². The molecule has 5 heteroatoms. The van der Waals surface area contributed by atoms with Gasteiger partial charge < -0.3 is 15.5 Å². The van der Waals surface area contributed by atoms with E-state index in [1.807, 2.05) is 4.90 Å². The van der Waals surface area contributed by atoms with Crippen LogP contribution in [0.15, 0.2) is 12.1 Å². The second-order valence-electron chi connectivity index (χ2n) is 6.26. The number of piperidine rings is 2. The number of benzene rings is 1. The van der Waals surface area contributed by atoms with Crippen LogP contribution in [0.2, 0.25) is 0 Å². The van der Waals surface area contributed by atoms with Crippen molar-refractivity contribution in [1.82, 2.24) is 4.90 Å². The number of hydrogen-bond donors (Lipinski definition) is 1. The molecule has 0 radical (unpaired) electrons. The summed E-state index contributed by atoms with van der Waals surface area (Å²) in [5, 5.41) is 0. The topological polar surface area (TPSA) is 32.5 Å². The van der Waals surface area contributed by atoms with Gasteiger partial charge in [0.2, 0.25) is 0 Å². The molecule has 2 aliphatic rings. The molecule has 1 aromatic rings. The largest absolute Gasteiger partial charge is 0.369 e. The number of likely N-dealkylation sites (tertiary alicyclic amines) is 1. The summed E-state index contributed by atoms with van der Waals surface area (Å²) < 4.78 is 28.2. The molecule has 0 spiro atoms. The predicted octanol–water partition coefficient (Wildman–Crippen LogP) is 2.34. The van der Waals surface area contributed by atoms with Crippen molar-refractivity contribution in [3.8, 4) is 0 Å².